The monoisotopic (exact) mass is 365 g/mol. The molecule has 1 aliphatic heterocycles. The predicted octanol–water partition coefficient (Wildman–Crippen LogP) is 1.77. The van der Waals surface area contributed by atoms with Gasteiger partial charge >= 0.3 is 5.97 Å². The van der Waals surface area contributed by atoms with E-state index in [9.17, 15) is 15.0 Å². The molecule has 0 saturated carbocycles. The van der Waals surface area contributed by atoms with Crippen molar-refractivity contribution in [1.82, 2.24) is 4.90 Å². The average Bonchev–Trinajstić information content (AvgIpc) is 3.01. The summed E-state index contributed by atoms with van der Waals surface area (Å²) in [6.07, 6.45) is 0.274. The fourth-order valence-electron chi connectivity index (χ4n) is 3.27. The molecule has 6 nitrogen and oxygen atoms in total. The van der Waals surface area contributed by atoms with E-state index in [0.29, 0.717) is 12.1 Å². The Morgan fingerprint density at radius 2 is 1.92 bits per heavy atom. The Morgan fingerprint density at radius 1 is 1.27 bits per heavy atom. The van der Waals surface area contributed by atoms with Crippen LogP contribution in [0.3, 0.4) is 0 Å². The highest BCUT2D eigenvalue weighted by atomic mass is 16.6. The van der Waals surface area contributed by atoms with Crippen molar-refractivity contribution in [2.24, 2.45) is 0 Å². The van der Waals surface area contributed by atoms with E-state index in [4.69, 9.17) is 9.84 Å². The fraction of sp³-hybridized carbons (Fsp3) is 0.650. The number of carbonyl (C=O) groups excluding carboxylic acids is 1. The van der Waals surface area contributed by atoms with Gasteiger partial charge in [0.05, 0.1) is 18.8 Å². The number of likely N-dealkylation sites (tertiary alicyclic amines) is 1. The molecule has 1 aromatic rings. The number of benzene rings is 1. The second kappa shape index (κ2) is 8.95. The summed E-state index contributed by atoms with van der Waals surface area (Å²) in [6.45, 7) is 6.56. The molecule has 1 saturated heterocycles. The first kappa shape index (κ1) is 20.8. The van der Waals surface area contributed by atoms with E-state index in [2.05, 4.69) is 0 Å². The number of aliphatic hydroxyl groups excluding tert-OH is 3. The van der Waals surface area contributed by atoms with Crippen LogP contribution in [-0.4, -0.2) is 57.0 Å². The summed E-state index contributed by atoms with van der Waals surface area (Å²) in [7, 11) is 0. The second-order valence-electron chi connectivity index (χ2n) is 7.99. The molecule has 1 aromatic carbocycles. The van der Waals surface area contributed by atoms with Gasteiger partial charge in [0.25, 0.3) is 0 Å². The smallest absolute Gasteiger partial charge is 0.323 e. The maximum absolute atomic E-state index is 12.3. The molecule has 0 bridgehead atoms. The molecule has 1 heterocycles. The second-order valence-corrected chi connectivity index (χ2v) is 7.99. The standard InChI is InChI=1S/C20H31NO5/c1-20(2,3)26-19(25)17-5-4-10-21(17)12-16(23)11-18(24)15-8-6-14(13-22)7-9-15/h6-9,16-18,22-24H,4-5,10-13H2,1-3H3/t16-,17-,18+/m0/s1. The molecule has 0 aliphatic carbocycles. The topological polar surface area (TPSA) is 90.2 Å². The van der Waals surface area contributed by atoms with Gasteiger partial charge in [-0.2, -0.15) is 0 Å². The number of ether oxygens (including phenoxy) is 1. The molecule has 0 unspecified atom stereocenters. The number of aliphatic hydroxyl groups is 3. The van der Waals surface area contributed by atoms with Crippen molar-refractivity contribution in [2.75, 3.05) is 13.1 Å². The number of β-amino-alcohol motifs (C(OH)–C–C–N with tert-alkyl or cyclic N) is 1. The Labute approximate surface area is 155 Å². The van der Waals surface area contributed by atoms with E-state index in [1.54, 1.807) is 24.3 Å². The number of nitrogens with zero attached hydrogens (tertiary/aromatic N) is 1. The maximum Gasteiger partial charge on any atom is 0.323 e. The van der Waals surface area contributed by atoms with Crippen LogP contribution in [0.15, 0.2) is 24.3 Å². The summed E-state index contributed by atoms with van der Waals surface area (Å²) in [5.41, 5.74) is 0.950. The van der Waals surface area contributed by atoms with Gasteiger partial charge in [-0.3, -0.25) is 9.69 Å². The van der Waals surface area contributed by atoms with Gasteiger partial charge < -0.3 is 20.1 Å². The molecule has 0 aromatic heterocycles. The fourth-order valence-corrected chi connectivity index (χ4v) is 3.27. The third-order valence-electron chi connectivity index (χ3n) is 4.53. The van der Waals surface area contributed by atoms with Crippen LogP contribution < -0.4 is 0 Å². The number of esters is 1. The molecule has 3 N–H and O–H groups in total. The zero-order chi connectivity index (χ0) is 19.3. The minimum atomic E-state index is -0.791. The minimum Gasteiger partial charge on any atom is -0.459 e. The van der Waals surface area contributed by atoms with Crippen molar-refractivity contribution < 1.29 is 24.9 Å². The molecular formula is C20H31NO5. The first-order chi connectivity index (χ1) is 12.2. The van der Waals surface area contributed by atoms with Gasteiger partial charge in [-0.25, -0.2) is 0 Å². The van der Waals surface area contributed by atoms with Crippen molar-refractivity contribution in [2.45, 2.75) is 70.5 Å². The first-order valence-electron chi connectivity index (χ1n) is 9.22. The summed E-state index contributed by atoms with van der Waals surface area (Å²) >= 11 is 0. The SMILES string of the molecule is CC(C)(C)OC(=O)[C@@H]1CCCN1C[C@@H](O)C[C@@H](O)c1ccc(CO)cc1. The van der Waals surface area contributed by atoms with E-state index in [0.717, 1.165) is 24.9 Å². The predicted molar refractivity (Wildman–Crippen MR) is 98.4 cm³/mol. The molecule has 0 amide bonds. The van der Waals surface area contributed by atoms with E-state index in [-0.39, 0.29) is 25.0 Å². The van der Waals surface area contributed by atoms with Crippen LogP contribution in [0, 0.1) is 0 Å². The van der Waals surface area contributed by atoms with Gasteiger partial charge in [-0.15, -0.1) is 0 Å². The molecular weight excluding hydrogens is 334 g/mol. The zero-order valence-corrected chi connectivity index (χ0v) is 15.9. The summed E-state index contributed by atoms with van der Waals surface area (Å²) < 4.78 is 5.47. The van der Waals surface area contributed by atoms with Crippen molar-refractivity contribution >= 4 is 5.97 Å². The van der Waals surface area contributed by atoms with Crippen molar-refractivity contribution in [3.05, 3.63) is 35.4 Å². The zero-order valence-electron chi connectivity index (χ0n) is 15.9. The number of rotatable bonds is 7. The summed E-state index contributed by atoms with van der Waals surface area (Å²) in [5, 5.41) is 29.8. The van der Waals surface area contributed by atoms with Crippen LogP contribution in [0.1, 0.15) is 57.3 Å². The highest BCUT2D eigenvalue weighted by molar-refractivity contribution is 5.76. The summed E-state index contributed by atoms with van der Waals surface area (Å²) in [4.78, 5) is 14.3. The lowest BCUT2D eigenvalue weighted by Crippen LogP contribution is -2.43. The Balaban J connectivity index is 1.89. The lowest BCUT2D eigenvalue weighted by Gasteiger charge is -2.29. The Bertz CT molecular complexity index is 581. The number of carbonyl (C=O) groups is 1. The first-order valence-corrected chi connectivity index (χ1v) is 9.22. The van der Waals surface area contributed by atoms with Gasteiger partial charge in [0.1, 0.15) is 11.6 Å². The van der Waals surface area contributed by atoms with Crippen LogP contribution >= 0.6 is 0 Å². The molecule has 146 valence electrons. The molecule has 26 heavy (non-hydrogen) atoms. The van der Waals surface area contributed by atoms with Gasteiger partial charge in [0, 0.05) is 13.0 Å². The van der Waals surface area contributed by atoms with Crippen molar-refractivity contribution in [3.63, 3.8) is 0 Å². The lowest BCUT2D eigenvalue weighted by molar-refractivity contribution is -0.160. The van der Waals surface area contributed by atoms with Gasteiger partial charge in [0.15, 0.2) is 0 Å². The van der Waals surface area contributed by atoms with Crippen molar-refractivity contribution in [3.8, 4) is 0 Å². The minimum absolute atomic E-state index is 0.0417. The van der Waals surface area contributed by atoms with E-state index >= 15 is 0 Å². The number of hydrogen-bond acceptors (Lipinski definition) is 6. The third-order valence-corrected chi connectivity index (χ3v) is 4.53. The van der Waals surface area contributed by atoms with E-state index in [1.165, 1.54) is 0 Å². The summed E-state index contributed by atoms with van der Waals surface area (Å²) in [6, 6.07) is 6.68. The Morgan fingerprint density at radius 3 is 2.50 bits per heavy atom. The van der Waals surface area contributed by atoms with E-state index in [1.807, 2.05) is 25.7 Å². The molecule has 0 spiro atoms. The molecule has 2 rings (SSSR count). The Hall–Kier alpha value is -1.47. The molecule has 1 aliphatic rings. The third kappa shape index (κ3) is 6.06. The highest BCUT2D eigenvalue weighted by Gasteiger charge is 2.35. The molecule has 6 heteroatoms. The maximum atomic E-state index is 12.3. The number of hydrogen-bond donors (Lipinski definition) is 3. The van der Waals surface area contributed by atoms with Crippen LogP contribution in [-0.2, 0) is 16.1 Å². The average molecular weight is 365 g/mol. The van der Waals surface area contributed by atoms with Crippen LogP contribution in [0.4, 0.5) is 0 Å². The van der Waals surface area contributed by atoms with Crippen LogP contribution in [0.2, 0.25) is 0 Å². The van der Waals surface area contributed by atoms with Crippen LogP contribution in [0.5, 0.6) is 0 Å². The molecule has 0 radical (unpaired) electrons. The Kier molecular flexibility index (Phi) is 7.17. The van der Waals surface area contributed by atoms with E-state index < -0.39 is 17.8 Å². The quantitative estimate of drug-likeness (QED) is 0.638. The largest absolute Gasteiger partial charge is 0.459 e. The molecule has 3 atom stereocenters. The lowest BCUT2D eigenvalue weighted by atomic mass is 10.0. The van der Waals surface area contributed by atoms with Gasteiger partial charge in [-0.1, -0.05) is 24.3 Å². The van der Waals surface area contributed by atoms with Gasteiger partial charge in [0.2, 0.25) is 0 Å². The molecule has 1 fully saturated rings. The highest BCUT2D eigenvalue weighted by Crippen LogP contribution is 2.24. The van der Waals surface area contributed by atoms with Crippen molar-refractivity contribution in [1.29, 1.82) is 0 Å². The normalized spacial score (nSPS) is 20.8. The van der Waals surface area contributed by atoms with Gasteiger partial charge in [-0.05, 0) is 51.3 Å². The van der Waals surface area contributed by atoms with Crippen LogP contribution in [0.25, 0.3) is 0 Å². The summed E-state index contributed by atoms with van der Waals surface area (Å²) in [5.74, 6) is -0.248.